The first-order valence-electron chi connectivity index (χ1n) is 4.38. The van der Waals surface area contributed by atoms with Crippen LogP contribution in [0.5, 0.6) is 0 Å². The van der Waals surface area contributed by atoms with Crippen molar-refractivity contribution in [3.63, 3.8) is 0 Å². The van der Waals surface area contributed by atoms with Crippen molar-refractivity contribution >= 4 is 8.84 Å². The SMILES string of the molecule is CCCCCC[Si](=O)N(C)C. The largest absolute Gasteiger partial charge is 0.394 e. The van der Waals surface area contributed by atoms with E-state index in [1.165, 1.54) is 19.3 Å². The molecule has 0 N–H and O–H groups in total. The van der Waals surface area contributed by atoms with E-state index in [9.17, 15) is 4.46 Å². The lowest BCUT2D eigenvalue weighted by atomic mass is 10.2. The number of nitrogens with zero attached hydrogens (tertiary/aromatic N) is 1. The Hall–Kier alpha value is -0.183. The Morgan fingerprint density at radius 3 is 2.27 bits per heavy atom. The molecule has 0 saturated heterocycles. The minimum absolute atomic E-state index is 0.900. The summed E-state index contributed by atoms with van der Waals surface area (Å²) in [6.45, 7) is 2.19. The molecule has 0 aliphatic heterocycles. The van der Waals surface area contributed by atoms with Crippen molar-refractivity contribution in [2.75, 3.05) is 14.1 Å². The zero-order valence-corrected chi connectivity index (χ0v) is 8.89. The summed E-state index contributed by atoms with van der Waals surface area (Å²) in [5.74, 6) is 0. The van der Waals surface area contributed by atoms with Gasteiger partial charge in [0.2, 0.25) is 0 Å². The Labute approximate surface area is 71.3 Å². The molecule has 3 heteroatoms. The maximum absolute atomic E-state index is 11.2. The fourth-order valence-electron chi connectivity index (χ4n) is 0.927. The quantitative estimate of drug-likeness (QED) is 0.452. The van der Waals surface area contributed by atoms with Gasteiger partial charge in [-0.25, -0.2) is 0 Å². The highest BCUT2D eigenvalue weighted by Gasteiger charge is 2.05. The van der Waals surface area contributed by atoms with E-state index in [1.54, 1.807) is 0 Å². The number of unbranched alkanes of at least 4 members (excludes halogenated alkanes) is 3. The van der Waals surface area contributed by atoms with Crippen molar-refractivity contribution in [2.45, 2.75) is 38.7 Å². The Balaban J connectivity index is 3.18. The van der Waals surface area contributed by atoms with Crippen molar-refractivity contribution in [3.8, 4) is 0 Å². The van der Waals surface area contributed by atoms with E-state index in [0.29, 0.717) is 0 Å². The molecular weight excluding hydrogens is 154 g/mol. The first-order chi connectivity index (χ1) is 5.18. The van der Waals surface area contributed by atoms with Crippen molar-refractivity contribution in [3.05, 3.63) is 0 Å². The molecular formula is C8H19NOSi. The van der Waals surface area contributed by atoms with E-state index in [0.717, 1.165) is 12.5 Å². The van der Waals surface area contributed by atoms with Gasteiger partial charge in [0.25, 0.3) is 0 Å². The van der Waals surface area contributed by atoms with E-state index in [1.807, 2.05) is 18.7 Å². The van der Waals surface area contributed by atoms with Gasteiger partial charge in [-0.2, -0.15) is 0 Å². The molecule has 0 fully saturated rings. The van der Waals surface area contributed by atoms with Gasteiger partial charge in [0.15, 0.2) is 0 Å². The average Bonchev–Trinajstić information content (AvgIpc) is 1.97. The van der Waals surface area contributed by atoms with E-state index in [4.69, 9.17) is 0 Å². The Morgan fingerprint density at radius 2 is 1.82 bits per heavy atom. The van der Waals surface area contributed by atoms with Crippen LogP contribution in [0.1, 0.15) is 32.6 Å². The molecule has 0 aromatic carbocycles. The average molecular weight is 173 g/mol. The first-order valence-corrected chi connectivity index (χ1v) is 5.95. The molecule has 0 radical (unpaired) electrons. The lowest BCUT2D eigenvalue weighted by Gasteiger charge is -2.07. The third-order valence-corrected chi connectivity index (χ3v) is 3.52. The summed E-state index contributed by atoms with van der Waals surface area (Å²) < 4.78 is 13.1. The molecule has 0 atom stereocenters. The maximum atomic E-state index is 11.2. The molecule has 11 heavy (non-hydrogen) atoms. The molecule has 0 aliphatic carbocycles. The van der Waals surface area contributed by atoms with Crippen LogP contribution < -0.4 is 0 Å². The summed E-state index contributed by atoms with van der Waals surface area (Å²) in [5.41, 5.74) is 0. The molecule has 0 bridgehead atoms. The second-order valence-corrected chi connectivity index (χ2v) is 5.28. The normalized spacial score (nSPS) is 9.73. The first kappa shape index (κ1) is 10.8. The van der Waals surface area contributed by atoms with Gasteiger partial charge < -0.3 is 9.03 Å². The van der Waals surface area contributed by atoms with Gasteiger partial charge in [0, 0.05) is 6.04 Å². The number of rotatable bonds is 6. The van der Waals surface area contributed by atoms with Crippen molar-refractivity contribution in [1.29, 1.82) is 0 Å². The van der Waals surface area contributed by atoms with E-state index < -0.39 is 8.84 Å². The highest BCUT2D eigenvalue weighted by atomic mass is 28.3. The predicted molar refractivity (Wildman–Crippen MR) is 49.1 cm³/mol. The summed E-state index contributed by atoms with van der Waals surface area (Å²) >= 11 is 0. The topological polar surface area (TPSA) is 20.3 Å². The Morgan fingerprint density at radius 1 is 1.18 bits per heavy atom. The van der Waals surface area contributed by atoms with E-state index in [-0.39, 0.29) is 0 Å². The van der Waals surface area contributed by atoms with Crippen LogP contribution in [0.15, 0.2) is 0 Å². The van der Waals surface area contributed by atoms with Crippen LogP contribution in [0.3, 0.4) is 0 Å². The van der Waals surface area contributed by atoms with Crippen LogP contribution in [-0.4, -0.2) is 27.5 Å². The predicted octanol–water partition coefficient (Wildman–Crippen LogP) is 2.05. The summed E-state index contributed by atoms with van der Waals surface area (Å²) in [7, 11) is 2.38. The highest BCUT2D eigenvalue weighted by Crippen LogP contribution is 2.03. The molecule has 0 aliphatic rings. The van der Waals surface area contributed by atoms with Crippen molar-refractivity contribution < 1.29 is 4.46 Å². The molecule has 0 unspecified atom stereocenters. The second kappa shape index (κ2) is 6.52. The number of hydrogen-bond donors (Lipinski definition) is 0. The lowest BCUT2D eigenvalue weighted by Crippen LogP contribution is -2.23. The molecule has 0 aromatic rings. The fraction of sp³-hybridized carbons (Fsp3) is 1.00. The molecule has 0 spiro atoms. The van der Waals surface area contributed by atoms with E-state index in [2.05, 4.69) is 6.92 Å². The van der Waals surface area contributed by atoms with Gasteiger partial charge in [-0.3, -0.25) is 0 Å². The van der Waals surface area contributed by atoms with Crippen LogP contribution in [0.2, 0.25) is 6.04 Å². The summed E-state index contributed by atoms with van der Waals surface area (Å²) in [6, 6.07) is 0.900. The summed E-state index contributed by atoms with van der Waals surface area (Å²) in [4.78, 5) is 0. The van der Waals surface area contributed by atoms with Gasteiger partial charge >= 0.3 is 8.84 Å². The Bertz CT molecular complexity index is 115. The van der Waals surface area contributed by atoms with Crippen molar-refractivity contribution in [1.82, 2.24) is 4.57 Å². The minimum atomic E-state index is -1.40. The lowest BCUT2D eigenvalue weighted by molar-refractivity contribution is 0.483. The zero-order chi connectivity index (χ0) is 8.69. The monoisotopic (exact) mass is 173 g/mol. The van der Waals surface area contributed by atoms with E-state index >= 15 is 0 Å². The molecule has 0 amide bonds. The van der Waals surface area contributed by atoms with Gasteiger partial charge in [0.1, 0.15) is 0 Å². The van der Waals surface area contributed by atoms with Crippen LogP contribution in [0, 0.1) is 0 Å². The molecule has 2 nitrogen and oxygen atoms in total. The molecule has 0 saturated carbocycles. The molecule has 0 heterocycles. The molecule has 0 aromatic heterocycles. The van der Waals surface area contributed by atoms with Crippen LogP contribution in [0.25, 0.3) is 0 Å². The second-order valence-electron chi connectivity index (χ2n) is 3.10. The van der Waals surface area contributed by atoms with Gasteiger partial charge in [0.05, 0.1) is 0 Å². The van der Waals surface area contributed by atoms with Crippen molar-refractivity contribution in [2.24, 2.45) is 0 Å². The molecule has 66 valence electrons. The maximum Gasteiger partial charge on any atom is 0.394 e. The van der Waals surface area contributed by atoms with Gasteiger partial charge in [-0.15, -0.1) is 0 Å². The van der Waals surface area contributed by atoms with Crippen LogP contribution in [-0.2, 0) is 4.46 Å². The van der Waals surface area contributed by atoms with Crippen LogP contribution >= 0.6 is 0 Å². The van der Waals surface area contributed by atoms with Crippen LogP contribution in [0.4, 0.5) is 0 Å². The Kier molecular flexibility index (Phi) is 6.41. The third-order valence-electron chi connectivity index (χ3n) is 1.74. The highest BCUT2D eigenvalue weighted by molar-refractivity contribution is 6.39. The minimum Gasteiger partial charge on any atom is -0.383 e. The molecule has 0 rings (SSSR count). The zero-order valence-electron chi connectivity index (χ0n) is 7.89. The fourth-order valence-corrected chi connectivity index (χ4v) is 1.93. The standard InChI is InChI=1S/C8H19NOSi/c1-4-5-6-7-8-11(10)9(2)3/h4-8H2,1-3H3. The summed E-state index contributed by atoms with van der Waals surface area (Å²) in [6.07, 6.45) is 4.90. The van der Waals surface area contributed by atoms with Gasteiger partial charge in [-0.05, 0) is 20.5 Å². The smallest absolute Gasteiger partial charge is 0.383 e. The third kappa shape index (κ3) is 6.22. The van der Waals surface area contributed by atoms with Gasteiger partial charge in [-0.1, -0.05) is 26.2 Å². The summed E-state index contributed by atoms with van der Waals surface area (Å²) in [5, 5.41) is 0. The number of hydrogen-bond acceptors (Lipinski definition) is 1.